The predicted molar refractivity (Wildman–Crippen MR) is 81.9 cm³/mol. The van der Waals surface area contributed by atoms with Crippen LogP contribution in [0.25, 0.3) is 0 Å². The van der Waals surface area contributed by atoms with Gasteiger partial charge in [0, 0.05) is 6.54 Å². The largest absolute Gasteiger partial charge is 0.394 e. The predicted octanol–water partition coefficient (Wildman–Crippen LogP) is 2.76. The van der Waals surface area contributed by atoms with Crippen molar-refractivity contribution in [3.63, 3.8) is 0 Å². The SMILES string of the molecule is Cc1nc(Cl)nc(NCC2(O)CCC(C)(C)CC2)c1N. The number of anilines is 2. The molecule has 0 amide bonds. The van der Waals surface area contributed by atoms with Gasteiger partial charge in [-0.25, -0.2) is 4.98 Å². The minimum atomic E-state index is -0.701. The molecule has 0 saturated heterocycles. The minimum Gasteiger partial charge on any atom is -0.394 e. The van der Waals surface area contributed by atoms with E-state index in [1.807, 2.05) is 0 Å². The summed E-state index contributed by atoms with van der Waals surface area (Å²) in [5, 5.41) is 13.9. The lowest BCUT2D eigenvalue weighted by atomic mass is 9.71. The Bertz CT molecular complexity index is 494. The molecule has 0 bridgehead atoms. The average molecular weight is 299 g/mol. The summed E-state index contributed by atoms with van der Waals surface area (Å²) in [4.78, 5) is 8.08. The van der Waals surface area contributed by atoms with E-state index < -0.39 is 5.60 Å². The van der Waals surface area contributed by atoms with Crippen molar-refractivity contribution >= 4 is 23.1 Å². The summed E-state index contributed by atoms with van der Waals surface area (Å²) < 4.78 is 0. The first-order chi connectivity index (χ1) is 9.21. The van der Waals surface area contributed by atoms with Crippen LogP contribution < -0.4 is 11.1 Å². The summed E-state index contributed by atoms with van der Waals surface area (Å²) in [6.45, 7) is 6.70. The second kappa shape index (κ2) is 5.37. The van der Waals surface area contributed by atoms with Gasteiger partial charge in [0.1, 0.15) is 0 Å². The molecule has 1 fully saturated rings. The van der Waals surface area contributed by atoms with Crippen LogP contribution in [-0.4, -0.2) is 27.2 Å². The van der Waals surface area contributed by atoms with Crippen molar-refractivity contribution < 1.29 is 5.11 Å². The van der Waals surface area contributed by atoms with Gasteiger partial charge >= 0.3 is 0 Å². The molecule has 0 aromatic carbocycles. The van der Waals surface area contributed by atoms with Crippen LogP contribution in [0.3, 0.4) is 0 Å². The third kappa shape index (κ3) is 3.52. The highest BCUT2D eigenvalue weighted by atomic mass is 35.5. The van der Waals surface area contributed by atoms with Gasteiger partial charge in [0.2, 0.25) is 5.28 Å². The van der Waals surface area contributed by atoms with Crippen LogP contribution in [0.4, 0.5) is 11.5 Å². The van der Waals surface area contributed by atoms with Crippen LogP contribution >= 0.6 is 11.6 Å². The highest BCUT2D eigenvalue weighted by molar-refractivity contribution is 6.28. The molecule has 0 unspecified atom stereocenters. The molecule has 1 saturated carbocycles. The fourth-order valence-corrected chi connectivity index (χ4v) is 2.71. The Kier molecular flexibility index (Phi) is 4.12. The van der Waals surface area contributed by atoms with Crippen LogP contribution in [0.5, 0.6) is 0 Å². The van der Waals surface area contributed by atoms with Gasteiger partial charge in [-0.05, 0) is 49.6 Å². The molecule has 0 spiro atoms. The van der Waals surface area contributed by atoms with Gasteiger partial charge in [0.15, 0.2) is 5.82 Å². The standard InChI is InChI=1S/C14H23ClN4O/c1-9-10(16)11(19-12(15)18-9)17-8-14(20)6-4-13(2,3)5-7-14/h20H,4-8,16H2,1-3H3,(H,17,18,19). The van der Waals surface area contributed by atoms with E-state index in [1.165, 1.54) is 0 Å². The number of aliphatic hydroxyl groups is 1. The number of aromatic nitrogens is 2. The number of aryl methyl sites for hydroxylation is 1. The zero-order chi connectivity index (χ0) is 15.0. The Morgan fingerprint density at radius 3 is 2.45 bits per heavy atom. The van der Waals surface area contributed by atoms with Gasteiger partial charge < -0.3 is 16.2 Å². The van der Waals surface area contributed by atoms with Gasteiger partial charge in [0.25, 0.3) is 0 Å². The maximum Gasteiger partial charge on any atom is 0.224 e. The Morgan fingerprint density at radius 2 is 1.85 bits per heavy atom. The Balaban J connectivity index is 2.02. The van der Waals surface area contributed by atoms with Crippen molar-refractivity contribution in [2.45, 2.75) is 52.1 Å². The van der Waals surface area contributed by atoms with Gasteiger partial charge in [-0.2, -0.15) is 4.98 Å². The first-order valence-electron chi connectivity index (χ1n) is 6.97. The summed E-state index contributed by atoms with van der Waals surface area (Å²) in [5.74, 6) is 0.501. The van der Waals surface area contributed by atoms with Crippen LogP contribution in [0.1, 0.15) is 45.2 Å². The van der Waals surface area contributed by atoms with E-state index in [-0.39, 0.29) is 5.28 Å². The van der Waals surface area contributed by atoms with Crippen molar-refractivity contribution in [3.8, 4) is 0 Å². The van der Waals surface area contributed by atoms with Gasteiger partial charge in [-0.3, -0.25) is 0 Å². The lowest BCUT2D eigenvalue weighted by molar-refractivity contribution is -0.0145. The number of nitrogens with zero attached hydrogens (tertiary/aromatic N) is 2. The highest BCUT2D eigenvalue weighted by Gasteiger charge is 2.36. The number of nitrogens with two attached hydrogens (primary N) is 1. The maximum absolute atomic E-state index is 10.6. The number of nitrogen functional groups attached to an aromatic ring is 1. The summed E-state index contributed by atoms with van der Waals surface area (Å²) in [6.07, 6.45) is 3.60. The average Bonchev–Trinajstić information content (AvgIpc) is 2.36. The van der Waals surface area contributed by atoms with Crippen LogP contribution in [0.2, 0.25) is 5.28 Å². The van der Waals surface area contributed by atoms with E-state index in [0.717, 1.165) is 25.7 Å². The molecule has 2 rings (SSSR count). The van der Waals surface area contributed by atoms with E-state index in [0.29, 0.717) is 29.2 Å². The number of rotatable bonds is 3. The van der Waals surface area contributed by atoms with E-state index in [9.17, 15) is 5.11 Å². The van der Waals surface area contributed by atoms with Crippen LogP contribution in [0.15, 0.2) is 0 Å². The fourth-order valence-electron chi connectivity index (χ4n) is 2.50. The molecule has 1 aromatic rings. The monoisotopic (exact) mass is 298 g/mol. The molecule has 112 valence electrons. The van der Waals surface area contributed by atoms with Gasteiger partial charge in [-0.1, -0.05) is 13.8 Å². The smallest absolute Gasteiger partial charge is 0.224 e. The molecule has 1 aliphatic carbocycles. The second-order valence-corrected chi connectivity index (χ2v) is 6.92. The maximum atomic E-state index is 10.6. The molecule has 5 nitrogen and oxygen atoms in total. The Hall–Kier alpha value is -1.07. The molecule has 6 heteroatoms. The normalized spacial score (nSPS) is 20.6. The lowest BCUT2D eigenvalue weighted by Crippen LogP contribution is -2.42. The van der Waals surface area contributed by atoms with Gasteiger partial charge in [0.05, 0.1) is 17.0 Å². The molecular weight excluding hydrogens is 276 g/mol. The van der Waals surface area contributed by atoms with Crippen molar-refractivity contribution in [3.05, 3.63) is 11.0 Å². The van der Waals surface area contributed by atoms with Crippen LogP contribution in [-0.2, 0) is 0 Å². The molecule has 0 aliphatic heterocycles. The Labute approximate surface area is 125 Å². The molecule has 1 heterocycles. The summed E-state index contributed by atoms with van der Waals surface area (Å²) in [5.41, 5.74) is 6.67. The summed E-state index contributed by atoms with van der Waals surface area (Å²) in [7, 11) is 0. The molecule has 0 atom stereocenters. The zero-order valence-electron chi connectivity index (χ0n) is 12.3. The lowest BCUT2D eigenvalue weighted by Gasteiger charge is -2.40. The van der Waals surface area contributed by atoms with Crippen LogP contribution in [0, 0.1) is 12.3 Å². The van der Waals surface area contributed by atoms with Crippen molar-refractivity contribution in [2.24, 2.45) is 5.41 Å². The number of hydrogen-bond donors (Lipinski definition) is 3. The molecule has 4 N–H and O–H groups in total. The van der Waals surface area contributed by atoms with Crippen molar-refractivity contribution in [1.82, 2.24) is 9.97 Å². The third-order valence-corrected chi connectivity index (χ3v) is 4.40. The minimum absolute atomic E-state index is 0.163. The van der Waals surface area contributed by atoms with Gasteiger partial charge in [-0.15, -0.1) is 0 Å². The Morgan fingerprint density at radius 1 is 1.25 bits per heavy atom. The molecule has 1 aliphatic rings. The van der Waals surface area contributed by atoms with E-state index in [2.05, 4.69) is 29.1 Å². The first kappa shape index (κ1) is 15.3. The molecular formula is C14H23ClN4O. The first-order valence-corrected chi connectivity index (χ1v) is 7.34. The molecule has 20 heavy (non-hydrogen) atoms. The molecule has 0 radical (unpaired) electrons. The summed E-state index contributed by atoms with van der Waals surface area (Å²) in [6, 6.07) is 0. The van der Waals surface area contributed by atoms with E-state index in [4.69, 9.17) is 17.3 Å². The quantitative estimate of drug-likeness (QED) is 0.747. The van der Waals surface area contributed by atoms with Crippen molar-refractivity contribution in [2.75, 3.05) is 17.6 Å². The number of nitrogens with one attached hydrogen (secondary N) is 1. The second-order valence-electron chi connectivity index (χ2n) is 6.58. The number of halogens is 1. The van der Waals surface area contributed by atoms with Crippen molar-refractivity contribution in [1.29, 1.82) is 0 Å². The number of hydrogen-bond acceptors (Lipinski definition) is 5. The van der Waals surface area contributed by atoms with E-state index >= 15 is 0 Å². The fraction of sp³-hybridized carbons (Fsp3) is 0.714. The summed E-state index contributed by atoms with van der Waals surface area (Å²) >= 11 is 5.84. The zero-order valence-corrected chi connectivity index (χ0v) is 13.1. The molecule has 1 aromatic heterocycles. The highest BCUT2D eigenvalue weighted by Crippen LogP contribution is 2.40. The topological polar surface area (TPSA) is 84.1 Å². The third-order valence-electron chi connectivity index (χ3n) is 4.23. The van der Waals surface area contributed by atoms with E-state index in [1.54, 1.807) is 6.92 Å².